The Labute approximate surface area is 89.3 Å². The van der Waals surface area contributed by atoms with Crippen LogP contribution >= 0.6 is 0 Å². The zero-order valence-electron chi connectivity index (χ0n) is 8.41. The molecule has 1 unspecified atom stereocenters. The fourth-order valence-electron chi connectivity index (χ4n) is 1.31. The van der Waals surface area contributed by atoms with E-state index in [4.69, 9.17) is 0 Å². The average Bonchev–Trinajstić information content (AvgIpc) is 2.15. The van der Waals surface area contributed by atoms with Gasteiger partial charge in [0.25, 0.3) is 0 Å². The van der Waals surface area contributed by atoms with Crippen molar-refractivity contribution < 1.29 is 22.0 Å². The van der Waals surface area contributed by atoms with E-state index in [0.29, 0.717) is 0 Å². The number of benzene rings is 1. The van der Waals surface area contributed by atoms with E-state index in [9.17, 15) is 22.0 Å². The van der Waals surface area contributed by atoms with Crippen molar-refractivity contribution in [3.8, 4) is 0 Å². The largest absolute Gasteiger partial charge is 0.404 e. The molecule has 0 radical (unpaired) electrons. The van der Waals surface area contributed by atoms with E-state index in [1.165, 1.54) is 0 Å². The number of likely N-dealkylation sites (N-methyl/N-ethyl adjacent to an activating group) is 1. The Balaban J connectivity index is 2.95. The first-order valence-electron chi connectivity index (χ1n) is 4.53. The minimum Gasteiger partial charge on any atom is -0.309 e. The number of halogens is 5. The number of nitrogens with one attached hydrogen (secondary N) is 1. The van der Waals surface area contributed by atoms with Crippen LogP contribution in [0.4, 0.5) is 22.0 Å². The summed E-state index contributed by atoms with van der Waals surface area (Å²) in [7, 11) is 1.09. The van der Waals surface area contributed by atoms with Crippen LogP contribution < -0.4 is 5.32 Å². The second-order valence-electron chi connectivity index (χ2n) is 3.29. The van der Waals surface area contributed by atoms with Crippen LogP contribution in [-0.2, 0) is 6.42 Å². The van der Waals surface area contributed by atoms with Crippen LogP contribution in [0, 0.1) is 11.6 Å². The predicted octanol–water partition coefficient (Wildman–Crippen LogP) is 2.66. The zero-order chi connectivity index (χ0) is 12.3. The molecule has 90 valence electrons. The van der Waals surface area contributed by atoms with Crippen LogP contribution in [0.15, 0.2) is 18.2 Å². The quantitative estimate of drug-likeness (QED) is 0.799. The Morgan fingerprint density at radius 1 is 1.19 bits per heavy atom. The molecule has 0 fully saturated rings. The van der Waals surface area contributed by atoms with E-state index in [2.05, 4.69) is 0 Å². The van der Waals surface area contributed by atoms with Crippen LogP contribution in [-0.4, -0.2) is 19.3 Å². The third-order valence-corrected chi connectivity index (χ3v) is 2.21. The molecule has 0 aromatic heterocycles. The Hall–Kier alpha value is -1.17. The van der Waals surface area contributed by atoms with Crippen molar-refractivity contribution >= 4 is 0 Å². The van der Waals surface area contributed by atoms with Crippen molar-refractivity contribution in [1.82, 2.24) is 5.32 Å². The summed E-state index contributed by atoms with van der Waals surface area (Å²) in [6.07, 6.45) is -5.30. The first-order valence-corrected chi connectivity index (χ1v) is 4.53. The summed E-state index contributed by atoms with van der Waals surface area (Å²) in [6, 6.07) is 1.01. The van der Waals surface area contributed by atoms with Crippen molar-refractivity contribution in [2.75, 3.05) is 7.05 Å². The van der Waals surface area contributed by atoms with E-state index in [-0.39, 0.29) is 0 Å². The van der Waals surface area contributed by atoms with Crippen molar-refractivity contribution in [3.63, 3.8) is 0 Å². The Morgan fingerprint density at radius 3 is 2.06 bits per heavy atom. The lowest BCUT2D eigenvalue weighted by Gasteiger charge is -2.19. The summed E-state index contributed by atoms with van der Waals surface area (Å²) in [5.74, 6) is -1.94. The lowest BCUT2D eigenvalue weighted by atomic mass is 10.0. The molecule has 0 aliphatic heterocycles. The Morgan fingerprint density at radius 2 is 1.69 bits per heavy atom. The smallest absolute Gasteiger partial charge is 0.309 e. The van der Waals surface area contributed by atoms with E-state index in [0.717, 1.165) is 25.2 Å². The fraction of sp³-hybridized carbons (Fsp3) is 0.400. The van der Waals surface area contributed by atoms with Gasteiger partial charge in [-0.2, -0.15) is 13.2 Å². The molecular formula is C10H10F5N. The van der Waals surface area contributed by atoms with Crippen LogP contribution in [0.25, 0.3) is 0 Å². The molecule has 1 rings (SSSR count). The van der Waals surface area contributed by atoms with E-state index in [1.807, 2.05) is 5.32 Å². The van der Waals surface area contributed by atoms with Gasteiger partial charge in [-0.05, 0) is 19.2 Å². The van der Waals surface area contributed by atoms with Crippen LogP contribution in [0.2, 0.25) is 0 Å². The minimum absolute atomic E-state index is 0.556. The maximum Gasteiger partial charge on any atom is 0.404 e. The molecule has 0 amide bonds. The molecule has 1 aromatic rings. The third kappa shape index (κ3) is 2.91. The first-order chi connectivity index (χ1) is 7.36. The molecule has 0 bridgehead atoms. The maximum atomic E-state index is 13.1. The van der Waals surface area contributed by atoms with E-state index < -0.39 is 35.8 Å². The molecule has 1 aromatic carbocycles. The molecule has 1 nitrogen and oxygen atoms in total. The predicted molar refractivity (Wildman–Crippen MR) is 49.0 cm³/mol. The molecule has 0 saturated heterocycles. The highest BCUT2D eigenvalue weighted by atomic mass is 19.4. The van der Waals surface area contributed by atoms with Crippen molar-refractivity contribution in [2.45, 2.75) is 18.6 Å². The van der Waals surface area contributed by atoms with Gasteiger partial charge in [-0.3, -0.25) is 0 Å². The highest BCUT2D eigenvalue weighted by Crippen LogP contribution is 2.24. The Bertz CT molecular complexity index is 340. The molecule has 6 heteroatoms. The molecule has 16 heavy (non-hydrogen) atoms. The molecule has 0 saturated carbocycles. The maximum absolute atomic E-state index is 13.1. The summed E-state index contributed by atoms with van der Waals surface area (Å²) in [6.45, 7) is 0. The van der Waals surface area contributed by atoms with Crippen LogP contribution in [0.5, 0.6) is 0 Å². The molecule has 1 N–H and O–H groups in total. The van der Waals surface area contributed by atoms with Gasteiger partial charge in [0.2, 0.25) is 0 Å². The molecular weight excluding hydrogens is 229 g/mol. The highest BCUT2D eigenvalue weighted by molar-refractivity contribution is 5.21. The average molecular weight is 239 g/mol. The van der Waals surface area contributed by atoms with Crippen LogP contribution in [0.1, 0.15) is 5.56 Å². The third-order valence-electron chi connectivity index (χ3n) is 2.21. The van der Waals surface area contributed by atoms with Gasteiger partial charge >= 0.3 is 6.18 Å². The molecule has 0 aliphatic carbocycles. The monoisotopic (exact) mass is 239 g/mol. The molecule has 1 atom stereocenters. The number of hydrogen-bond donors (Lipinski definition) is 1. The summed E-state index contributed by atoms with van der Waals surface area (Å²) in [5.41, 5.74) is -0.556. The van der Waals surface area contributed by atoms with Gasteiger partial charge in [0.1, 0.15) is 17.7 Å². The fourth-order valence-corrected chi connectivity index (χ4v) is 1.31. The van der Waals surface area contributed by atoms with Gasteiger partial charge in [0.15, 0.2) is 0 Å². The minimum atomic E-state index is -4.54. The lowest BCUT2D eigenvalue weighted by Crippen LogP contribution is -2.42. The van der Waals surface area contributed by atoms with Gasteiger partial charge in [-0.15, -0.1) is 0 Å². The summed E-state index contributed by atoms with van der Waals surface area (Å²) >= 11 is 0. The Kier molecular flexibility index (Phi) is 3.85. The molecule has 0 heterocycles. The molecule has 0 spiro atoms. The second-order valence-corrected chi connectivity index (χ2v) is 3.29. The summed E-state index contributed by atoms with van der Waals surface area (Å²) in [5, 5.41) is 1.99. The van der Waals surface area contributed by atoms with Crippen LogP contribution in [0.3, 0.4) is 0 Å². The van der Waals surface area contributed by atoms with Crippen molar-refractivity contribution in [2.24, 2.45) is 0 Å². The first kappa shape index (κ1) is 12.9. The van der Waals surface area contributed by atoms with Gasteiger partial charge in [0.05, 0.1) is 0 Å². The van der Waals surface area contributed by atoms with Gasteiger partial charge < -0.3 is 5.32 Å². The lowest BCUT2D eigenvalue weighted by molar-refractivity contribution is -0.154. The number of rotatable bonds is 3. The van der Waals surface area contributed by atoms with Gasteiger partial charge in [0, 0.05) is 12.0 Å². The van der Waals surface area contributed by atoms with Gasteiger partial charge in [-0.25, -0.2) is 8.78 Å². The molecule has 0 aliphatic rings. The number of alkyl halides is 3. The van der Waals surface area contributed by atoms with E-state index >= 15 is 0 Å². The SMILES string of the molecule is CNC(Cc1c(F)cccc1F)C(F)(F)F. The normalized spacial score (nSPS) is 13.9. The topological polar surface area (TPSA) is 12.0 Å². The zero-order valence-corrected chi connectivity index (χ0v) is 8.41. The number of hydrogen-bond acceptors (Lipinski definition) is 1. The summed E-state index contributed by atoms with van der Waals surface area (Å²) in [4.78, 5) is 0. The highest BCUT2D eigenvalue weighted by Gasteiger charge is 2.39. The second kappa shape index (κ2) is 4.78. The standard InChI is InChI=1S/C10H10F5N/c1-16-9(10(13,14)15)5-6-7(11)3-2-4-8(6)12/h2-4,9,16H,5H2,1H3. The van der Waals surface area contributed by atoms with Crippen molar-refractivity contribution in [1.29, 1.82) is 0 Å². The van der Waals surface area contributed by atoms with E-state index in [1.54, 1.807) is 0 Å². The summed E-state index contributed by atoms with van der Waals surface area (Å²) < 4.78 is 63.3. The van der Waals surface area contributed by atoms with Gasteiger partial charge in [-0.1, -0.05) is 6.07 Å². The van der Waals surface area contributed by atoms with Crippen molar-refractivity contribution in [3.05, 3.63) is 35.4 Å².